The Balaban J connectivity index is 1.43. The molecule has 0 saturated carbocycles. The third kappa shape index (κ3) is 5.10. The maximum Gasteiger partial charge on any atom is 0.137 e. The van der Waals surface area contributed by atoms with Crippen LogP contribution in [0.15, 0.2) is 67.3 Å². The Bertz CT molecular complexity index is 682. The van der Waals surface area contributed by atoms with E-state index in [-0.39, 0.29) is 0 Å². The summed E-state index contributed by atoms with van der Waals surface area (Å²) >= 11 is 0. The first-order valence-corrected chi connectivity index (χ1v) is 9.39. The van der Waals surface area contributed by atoms with E-state index in [1.165, 1.54) is 10.6 Å². The number of nitrogens with zero attached hydrogens (tertiary/aromatic N) is 1. The summed E-state index contributed by atoms with van der Waals surface area (Å²) in [7, 11) is 0. The third-order valence-corrected chi connectivity index (χ3v) is 4.88. The molecule has 26 heavy (non-hydrogen) atoms. The molecule has 2 N–H and O–H groups in total. The van der Waals surface area contributed by atoms with E-state index in [9.17, 15) is 5.11 Å². The van der Waals surface area contributed by atoms with E-state index in [0.29, 0.717) is 6.61 Å². The summed E-state index contributed by atoms with van der Waals surface area (Å²) < 4.78 is 5.86. The highest BCUT2D eigenvalue weighted by Gasteiger charge is 2.22. The number of para-hydroxylation sites is 2. The first-order valence-electron chi connectivity index (χ1n) is 9.39. The lowest BCUT2D eigenvalue weighted by molar-refractivity contribution is -0.903. The number of quaternary nitrogens is 1. The Labute approximate surface area is 156 Å². The number of benzene rings is 2. The molecule has 0 aliphatic carbocycles. The molecule has 1 aliphatic heterocycles. The number of aliphatic hydroxyl groups excluding tert-OH is 1. The number of ether oxygens (including phenoxy) is 1. The molecule has 138 valence electrons. The molecule has 0 spiro atoms. The van der Waals surface area contributed by atoms with E-state index in [1.54, 1.807) is 0 Å². The average Bonchev–Trinajstić information content (AvgIpc) is 2.69. The molecule has 1 atom stereocenters. The van der Waals surface area contributed by atoms with Crippen molar-refractivity contribution in [3.8, 4) is 5.75 Å². The Hall–Kier alpha value is -2.30. The lowest BCUT2D eigenvalue weighted by Crippen LogP contribution is -3.16. The molecule has 0 radical (unpaired) electrons. The van der Waals surface area contributed by atoms with Crippen LogP contribution in [-0.4, -0.2) is 50.5 Å². The summed E-state index contributed by atoms with van der Waals surface area (Å²) in [5.41, 5.74) is 2.40. The summed E-state index contributed by atoms with van der Waals surface area (Å²) in [6.45, 7) is 8.97. The van der Waals surface area contributed by atoms with Crippen LogP contribution in [0.25, 0.3) is 0 Å². The predicted molar refractivity (Wildman–Crippen MR) is 106 cm³/mol. The molecule has 1 aliphatic rings. The molecule has 3 rings (SSSR count). The Morgan fingerprint density at radius 2 is 1.77 bits per heavy atom. The van der Waals surface area contributed by atoms with Gasteiger partial charge in [0.1, 0.15) is 25.0 Å². The molecular weight excluding hydrogens is 324 g/mol. The maximum atomic E-state index is 10.4. The lowest BCUT2D eigenvalue weighted by atomic mass is 10.1. The highest BCUT2D eigenvalue weighted by molar-refractivity contribution is 5.46. The van der Waals surface area contributed by atoms with Gasteiger partial charge in [0.05, 0.1) is 26.2 Å². The van der Waals surface area contributed by atoms with Gasteiger partial charge in [-0.25, -0.2) is 0 Å². The van der Waals surface area contributed by atoms with Crippen molar-refractivity contribution in [1.82, 2.24) is 0 Å². The Morgan fingerprint density at radius 3 is 2.50 bits per heavy atom. The van der Waals surface area contributed by atoms with Crippen LogP contribution in [0.4, 0.5) is 5.69 Å². The Kier molecular flexibility index (Phi) is 6.69. The van der Waals surface area contributed by atoms with Crippen molar-refractivity contribution < 1.29 is 14.7 Å². The molecule has 2 aromatic rings. The van der Waals surface area contributed by atoms with Gasteiger partial charge in [-0.15, -0.1) is 6.58 Å². The van der Waals surface area contributed by atoms with Gasteiger partial charge in [-0.1, -0.05) is 42.5 Å². The first kappa shape index (κ1) is 18.5. The second kappa shape index (κ2) is 9.41. The fraction of sp³-hybridized carbons (Fsp3) is 0.364. The van der Waals surface area contributed by atoms with Gasteiger partial charge >= 0.3 is 0 Å². The van der Waals surface area contributed by atoms with Gasteiger partial charge in [0.15, 0.2) is 0 Å². The number of nitrogens with one attached hydrogen (secondary N) is 1. The van der Waals surface area contributed by atoms with Crippen molar-refractivity contribution in [3.05, 3.63) is 72.8 Å². The molecule has 2 aromatic carbocycles. The summed E-state index contributed by atoms with van der Waals surface area (Å²) in [6.07, 6.45) is 2.19. The minimum Gasteiger partial charge on any atom is -0.490 e. The van der Waals surface area contributed by atoms with E-state index in [2.05, 4.69) is 41.8 Å². The number of rotatable bonds is 8. The number of aliphatic hydroxyl groups is 1. The number of hydrogen-bond donors (Lipinski definition) is 2. The van der Waals surface area contributed by atoms with Gasteiger partial charge in [0.2, 0.25) is 0 Å². The van der Waals surface area contributed by atoms with Crippen molar-refractivity contribution >= 4 is 5.69 Å². The smallest absolute Gasteiger partial charge is 0.137 e. The van der Waals surface area contributed by atoms with Crippen LogP contribution in [0, 0.1) is 0 Å². The SMILES string of the molecule is C=CCc1ccccc1OCC(O)C[NH+]1CCN(c2ccccc2)CC1. The molecule has 1 saturated heterocycles. The van der Waals surface area contributed by atoms with Crippen LogP contribution in [-0.2, 0) is 6.42 Å². The van der Waals surface area contributed by atoms with Crippen molar-refractivity contribution in [3.63, 3.8) is 0 Å². The van der Waals surface area contributed by atoms with Crippen molar-refractivity contribution in [1.29, 1.82) is 0 Å². The normalized spacial score (nSPS) is 16.3. The quantitative estimate of drug-likeness (QED) is 0.708. The summed E-state index contributed by atoms with van der Waals surface area (Å²) in [6, 6.07) is 18.5. The van der Waals surface area contributed by atoms with Gasteiger partial charge in [-0.05, 0) is 30.2 Å². The van der Waals surface area contributed by atoms with Crippen molar-refractivity contribution in [2.24, 2.45) is 0 Å². The maximum absolute atomic E-state index is 10.4. The summed E-state index contributed by atoms with van der Waals surface area (Å²) in [4.78, 5) is 3.85. The van der Waals surface area contributed by atoms with Crippen LogP contribution in [0.2, 0.25) is 0 Å². The highest BCUT2D eigenvalue weighted by atomic mass is 16.5. The topological polar surface area (TPSA) is 37.1 Å². The molecule has 0 amide bonds. The zero-order valence-electron chi connectivity index (χ0n) is 15.3. The van der Waals surface area contributed by atoms with Gasteiger partial charge in [0, 0.05) is 5.69 Å². The molecule has 1 unspecified atom stereocenters. The van der Waals surface area contributed by atoms with Crippen molar-refractivity contribution in [2.75, 3.05) is 44.2 Å². The number of piperazine rings is 1. The monoisotopic (exact) mass is 353 g/mol. The number of hydrogen-bond acceptors (Lipinski definition) is 3. The van der Waals surface area contributed by atoms with Crippen molar-refractivity contribution in [2.45, 2.75) is 12.5 Å². The minimum absolute atomic E-state index is 0.333. The van der Waals surface area contributed by atoms with Gasteiger partial charge < -0.3 is 19.6 Å². The fourth-order valence-electron chi connectivity index (χ4n) is 3.47. The van der Waals surface area contributed by atoms with E-state index in [1.807, 2.05) is 30.3 Å². The second-order valence-corrected chi connectivity index (χ2v) is 6.84. The first-order chi connectivity index (χ1) is 12.8. The molecule has 0 bridgehead atoms. The minimum atomic E-state index is -0.454. The van der Waals surface area contributed by atoms with Crippen LogP contribution >= 0.6 is 0 Å². The standard InChI is InChI=1S/C22H28N2O2/c1-2-8-19-9-6-7-12-22(19)26-18-21(25)17-23-13-15-24(16-14-23)20-10-4-3-5-11-20/h2-7,9-12,21,25H,1,8,13-18H2/p+1. The molecule has 4 heteroatoms. The Morgan fingerprint density at radius 1 is 1.08 bits per heavy atom. The molecule has 1 heterocycles. The number of anilines is 1. The van der Waals surface area contributed by atoms with E-state index in [4.69, 9.17) is 4.74 Å². The zero-order valence-corrected chi connectivity index (χ0v) is 15.3. The van der Waals surface area contributed by atoms with E-state index in [0.717, 1.165) is 50.5 Å². The molecular formula is C22H29N2O2+. The molecule has 1 fully saturated rings. The van der Waals surface area contributed by atoms with Crippen LogP contribution < -0.4 is 14.5 Å². The summed E-state index contributed by atoms with van der Waals surface area (Å²) in [5.74, 6) is 0.843. The predicted octanol–water partition coefficient (Wildman–Crippen LogP) is 1.56. The molecule has 4 nitrogen and oxygen atoms in total. The van der Waals surface area contributed by atoms with Crippen LogP contribution in [0.5, 0.6) is 5.75 Å². The van der Waals surface area contributed by atoms with Crippen LogP contribution in [0.3, 0.4) is 0 Å². The number of allylic oxidation sites excluding steroid dienone is 1. The van der Waals surface area contributed by atoms with Gasteiger partial charge in [-0.2, -0.15) is 0 Å². The second-order valence-electron chi connectivity index (χ2n) is 6.84. The van der Waals surface area contributed by atoms with Crippen LogP contribution in [0.1, 0.15) is 5.56 Å². The zero-order chi connectivity index (χ0) is 18.2. The van der Waals surface area contributed by atoms with E-state index >= 15 is 0 Å². The summed E-state index contributed by atoms with van der Waals surface area (Å²) in [5, 5.41) is 10.4. The lowest BCUT2D eigenvalue weighted by Gasteiger charge is -2.34. The van der Waals surface area contributed by atoms with Gasteiger partial charge in [0.25, 0.3) is 0 Å². The average molecular weight is 353 g/mol. The third-order valence-electron chi connectivity index (χ3n) is 4.88. The fourth-order valence-corrected chi connectivity index (χ4v) is 3.47. The largest absolute Gasteiger partial charge is 0.490 e. The highest BCUT2D eigenvalue weighted by Crippen LogP contribution is 2.18. The van der Waals surface area contributed by atoms with Gasteiger partial charge in [-0.3, -0.25) is 0 Å². The molecule has 0 aromatic heterocycles. The van der Waals surface area contributed by atoms with E-state index < -0.39 is 6.10 Å².